The molecule has 3 rings (SSSR count). The van der Waals surface area contributed by atoms with E-state index in [0.717, 1.165) is 11.1 Å². The van der Waals surface area contributed by atoms with Crippen LogP contribution in [0.15, 0.2) is 42.5 Å². The lowest BCUT2D eigenvalue weighted by atomic mass is 9.87. The molecule has 0 amide bonds. The van der Waals surface area contributed by atoms with Crippen LogP contribution in [0.5, 0.6) is 0 Å². The van der Waals surface area contributed by atoms with Crippen molar-refractivity contribution in [1.82, 2.24) is 20.2 Å². The van der Waals surface area contributed by atoms with E-state index in [0.29, 0.717) is 22.4 Å². The zero-order valence-electron chi connectivity index (χ0n) is 13.8. The SMILES string of the molecule is CC(C)(C)c1ccc(-c2nnnn2Cc2c(Cl)cccc2Cl)cc1. The molecule has 1 aromatic heterocycles. The van der Waals surface area contributed by atoms with Crippen LogP contribution in [0.3, 0.4) is 0 Å². The van der Waals surface area contributed by atoms with Gasteiger partial charge in [0.2, 0.25) is 0 Å². The van der Waals surface area contributed by atoms with Gasteiger partial charge < -0.3 is 0 Å². The molecule has 0 bridgehead atoms. The molecule has 3 aromatic rings. The second-order valence-corrected chi connectivity index (χ2v) is 7.50. The van der Waals surface area contributed by atoms with Gasteiger partial charge in [-0.1, -0.05) is 74.3 Å². The van der Waals surface area contributed by atoms with Crippen molar-refractivity contribution in [3.63, 3.8) is 0 Å². The number of aromatic nitrogens is 4. The lowest BCUT2D eigenvalue weighted by molar-refractivity contribution is 0.590. The van der Waals surface area contributed by atoms with Crippen LogP contribution in [0, 0.1) is 0 Å². The largest absolute Gasteiger partial charge is 0.221 e. The molecule has 0 aliphatic heterocycles. The third-order valence-electron chi connectivity index (χ3n) is 3.91. The van der Waals surface area contributed by atoms with Gasteiger partial charge in [0.05, 0.1) is 6.54 Å². The Labute approximate surface area is 151 Å². The third kappa shape index (κ3) is 3.45. The van der Waals surface area contributed by atoms with Crippen molar-refractivity contribution < 1.29 is 0 Å². The maximum Gasteiger partial charge on any atom is 0.182 e. The van der Waals surface area contributed by atoms with E-state index in [4.69, 9.17) is 23.2 Å². The van der Waals surface area contributed by atoms with Gasteiger partial charge in [-0.25, -0.2) is 4.68 Å². The molecular formula is C18H18Cl2N4. The molecule has 0 aliphatic rings. The Morgan fingerprint density at radius 1 is 0.958 bits per heavy atom. The van der Waals surface area contributed by atoms with E-state index in [1.807, 2.05) is 30.3 Å². The lowest BCUT2D eigenvalue weighted by Crippen LogP contribution is -2.10. The molecule has 0 unspecified atom stereocenters. The van der Waals surface area contributed by atoms with E-state index in [-0.39, 0.29) is 5.41 Å². The van der Waals surface area contributed by atoms with Crippen LogP contribution in [0.2, 0.25) is 10.0 Å². The van der Waals surface area contributed by atoms with Crippen LogP contribution >= 0.6 is 23.2 Å². The fourth-order valence-corrected chi connectivity index (χ4v) is 2.99. The van der Waals surface area contributed by atoms with Gasteiger partial charge >= 0.3 is 0 Å². The highest BCUT2D eigenvalue weighted by atomic mass is 35.5. The normalized spacial score (nSPS) is 11.7. The summed E-state index contributed by atoms with van der Waals surface area (Å²) in [6.45, 7) is 6.98. The summed E-state index contributed by atoms with van der Waals surface area (Å²) in [7, 11) is 0. The van der Waals surface area contributed by atoms with E-state index in [2.05, 4.69) is 48.4 Å². The van der Waals surface area contributed by atoms with Gasteiger partial charge in [0, 0.05) is 21.2 Å². The maximum absolute atomic E-state index is 6.25. The first-order valence-corrected chi connectivity index (χ1v) is 8.42. The molecule has 0 saturated carbocycles. The van der Waals surface area contributed by atoms with Gasteiger partial charge in [-0.2, -0.15) is 0 Å². The average molecular weight is 361 g/mol. The van der Waals surface area contributed by atoms with Crippen LogP contribution in [0.1, 0.15) is 31.9 Å². The first-order valence-electron chi connectivity index (χ1n) is 7.66. The number of hydrogen-bond donors (Lipinski definition) is 0. The highest BCUT2D eigenvalue weighted by molar-refractivity contribution is 6.35. The molecule has 0 N–H and O–H groups in total. The molecular weight excluding hydrogens is 343 g/mol. The summed E-state index contributed by atoms with van der Waals surface area (Å²) in [5, 5.41) is 13.2. The summed E-state index contributed by atoms with van der Waals surface area (Å²) in [4.78, 5) is 0. The van der Waals surface area contributed by atoms with Gasteiger partial charge in [-0.15, -0.1) is 5.10 Å². The summed E-state index contributed by atoms with van der Waals surface area (Å²) >= 11 is 12.5. The minimum absolute atomic E-state index is 0.107. The molecule has 1 heterocycles. The number of rotatable bonds is 3. The topological polar surface area (TPSA) is 43.6 Å². The van der Waals surface area contributed by atoms with Crippen LogP contribution in [-0.4, -0.2) is 20.2 Å². The van der Waals surface area contributed by atoms with Gasteiger partial charge in [0.15, 0.2) is 5.82 Å². The van der Waals surface area contributed by atoms with Crippen LogP contribution in [0.4, 0.5) is 0 Å². The molecule has 0 fully saturated rings. The Morgan fingerprint density at radius 3 is 2.17 bits per heavy atom. The van der Waals surface area contributed by atoms with Crippen LogP contribution < -0.4 is 0 Å². The van der Waals surface area contributed by atoms with Crippen molar-refractivity contribution in [1.29, 1.82) is 0 Å². The second-order valence-electron chi connectivity index (χ2n) is 6.69. The van der Waals surface area contributed by atoms with Crippen molar-refractivity contribution in [2.75, 3.05) is 0 Å². The van der Waals surface area contributed by atoms with E-state index in [9.17, 15) is 0 Å². The van der Waals surface area contributed by atoms with Crippen molar-refractivity contribution in [2.24, 2.45) is 0 Å². The molecule has 6 heteroatoms. The summed E-state index contributed by atoms with van der Waals surface area (Å²) in [6.07, 6.45) is 0. The second kappa shape index (κ2) is 6.54. The predicted molar refractivity (Wildman–Crippen MR) is 97.5 cm³/mol. The van der Waals surface area contributed by atoms with Gasteiger partial charge in [-0.3, -0.25) is 0 Å². The summed E-state index contributed by atoms with van der Waals surface area (Å²) in [5.41, 5.74) is 3.13. The minimum atomic E-state index is 0.107. The quantitative estimate of drug-likeness (QED) is 0.660. The number of nitrogens with zero attached hydrogens (tertiary/aromatic N) is 4. The Morgan fingerprint density at radius 2 is 1.58 bits per heavy atom. The third-order valence-corrected chi connectivity index (χ3v) is 4.62. The standard InChI is InChI=1S/C18H18Cl2N4/c1-18(2,3)13-9-7-12(8-10-13)17-21-22-23-24(17)11-14-15(19)5-4-6-16(14)20/h4-10H,11H2,1-3H3. The molecule has 2 aromatic carbocycles. The Hall–Kier alpha value is -1.91. The molecule has 124 valence electrons. The fraction of sp³-hybridized carbons (Fsp3) is 0.278. The van der Waals surface area contributed by atoms with Crippen LogP contribution in [0.25, 0.3) is 11.4 Å². The molecule has 0 aliphatic carbocycles. The van der Waals surface area contributed by atoms with Gasteiger partial charge in [0.25, 0.3) is 0 Å². The molecule has 0 atom stereocenters. The Balaban J connectivity index is 1.94. The van der Waals surface area contributed by atoms with Crippen molar-refractivity contribution in [2.45, 2.75) is 32.7 Å². The maximum atomic E-state index is 6.25. The molecule has 0 spiro atoms. The molecule has 0 saturated heterocycles. The summed E-state index contributed by atoms with van der Waals surface area (Å²) in [6, 6.07) is 13.7. The number of tetrazole rings is 1. The smallest absolute Gasteiger partial charge is 0.182 e. The Bertz CT molecular complexity index is 828. The first-order chi connectivity index (χ1) is 11.4. The number of hydrogen-bond acceptors (Lipinski definition) is 3. The van der Waals surface area contributed by atoms with E-state index in [1.54, 1.807) is 4.68 Å². The first kappa shape index (κ1) is 16.9. The highest BCUT2D eigenvalue weighted by Gasteiger charge is 2.16. The Kier molecular flexibility index (Phi) is 4.61. The summed E-state index contributed by atoms with van der Waals surface area (Å²) in [5.74, 6) is 0.687. The van der Waals surface area contributed by atoms with E-state index < -0.39 is 0 Å². The summed E-state index contributed by atoms with van der Waals surface area (Å²) < 4.78 is 1.71. The minimum Gasteiger partial charge on any atom is -0.221 e. The predicted octanol–water partition coefficient (Wildman–Crippen LogP) is 4.99. The number of benzene rings is 2. The zero-order chi connectivity index (χ0) is 17.3. The van der Waals surface area contributed by atoms with Crippen molar-refractivity contribution in [3.8, 4) is 11.4 Å². The van der Waals surface area contributed by atoms with Crippen molar-refractivity contribution >= 4 is 23.2 Å². The van der Waals surface area contributed by atoms with E-state index in [1.165, 1.54) is 5.56 Å². The van der Waals surface area contributed by atoms with E-state index >= 15 is 0 Å². The fourth-order valence-electron chi connectivity index (χ4n) is 2.47. The average Bonchev–Trinajstić information content (AvgIpc) is 2.98. The molecule has 0 radical (unpaired) electrons. The number of halogens is 2. The van der Waals surface area contributed by atoms with Gasteiger partial charge in [-0.05, 0) is 33.5 Å². The zero-order valence-corrected chi connectivity index (χ0v) is 15.3. The lowest BCUT2D eigenvalue weighted by Gasteiger charge is -2.19. The van der Waals surface area contributed by atoms with Crippen LogP contribution in [-0.2, 0) is 12.0 Å². The highest BCUT2D eigenvalue weighted by Crippen LogP contribution is 2.28. The van der Waals surface area contributed by atoms with Gasteiger partial charge in [0.1, 0.15) is 0 Å². The monoisotopic (exact) mass is 360 g/mol. The molecule has 24 heavy (non-hydrogen) atoms. The molecule has 4 nitrogen and oxygen atoms in total. The van der Waals surface area contributed by atoms with Crippen molar-refractivity contribution in [3.05, 3.63) is 63.6 Å².